The van der Waals surface area contributed by atoms with Crippen LogP contribution in [0.5, 0.6) is 0 Å². The van der Waals surface area contributed by atoms with E-state index in [0.717, 1.165) is 57.3 Å². The Hall–Kier alpha value is -2.90. The highest BCUT2D eigenvalue weighted by Crippen LogP contribution is 2.21. The second-order valence-corrected chi connectivity index (χ2v) is 7.98. The molecule has 2 aromatic carbocycles. The number of carbonyl (C=O) groups excluding carboxylic acids is 1. The number of morpholine rings is 1. The molecule has 3 N–H and O–H groups in total. The molecule has 7 nitrogen and oxygen atoms in total. The maximum absolute atomic E-state index is 11.8. The number of guanidine groups is 1. The maximum Gasteiger partial charge on any atom is 0.251 e. The molecule has 1 aliphatic rings. The number of aliphatic imine (C=N–C) groups is 1. The molecule has 1 heterocycles. The monoisotopic (exact) mass is 437 g/mol. The van der Waals surface area contributed by atoms with Gasteiger partial charge in [-0.3, -0.25) is 14.7 Å². The van der Waals surface area contributed by atoms with E-state index in [1.54, 1.807) is 14.1 Å². The minimum Gasteiger partial charge on any atom is -0.379 e. The Morgan fingerprint density at radius 1 is 1.12 bits per heavy atom. The Labute approximate surface area is 191 Å². The van der Waals surface area contributed by atoms with Gasteiger partial charge in [0.05, 0.1) is 19.3 Å². The summed E-state index contributed by atoms with van der Waals surface area (Å²) < 4.78 is 5.55. The van der Waals surface area contributed by atoms with E-state index in [4.69, 9.17) is 4.74 Å². The quantitative estimate of drug-likeness (QED) is 0.436. The molecule has 0 radical (unpaired) electrons. The van der Waals surface area contributed by atoms with Crippen molar-refractivity contribution in [3.8, 4) is 0 Å². The van der Waals surface area contributed by atoms with Gasteiger partial charge >= 0.3 is 0 Å². The van der Waals surface area contributed by atoms with E-state index in [1.807, 2.05) is 24.3 Å². The first kappa shape index (κ1) is 23.8. The van der Waals surface area contributed by atoms with Gasteiger partial charge in [0.15, 0.2) is 5.96 Å². The van der Waals surface area contributed by atoms with Crippen molar-refractivity contribution in [1.82, 2.24) is 20.9 Å². The van der Waals surface area contributed by atoms with Crippen molar-refractivity contribution >= 4 is 11.9 Å². The topological polar surface area (TPSA) is 78.0 Å². The number of benzene rings is 2. The number of carbonyl (C=O) groups is 1. The molecule has 32 heavy (non-hydrogen) atoms. The van der Waals surface area contributed by atoms with Crippen LogP contribution in [0.2, 0.25) is 0 Å². The molecule has 0 saturated carbocycles. The van der Waals surface area contributed by atoms with E-state index in [2.05, 4.69) is 57.0 Å². The fourth-order valence-electron chi connectivity index (χ4n) is 3.89. The van der Waals surface area contributed by atoms with Crippen molar-refractivity contribution in [2.75, 3.05) is 53.5 Å². The van der Waals surface area contributed by atoms with Gasteiger partial charge in [0, 0.05) is 45.8 Å². The highest BCUT2D eigenvalue weighted by Gasteiger charge is 2.22. The smallest absolute Gasteiger partial charge is 0.251 e. The molecule has 0 aromatic heterocycles. The Morgan fingerprint density at radius 3 is 2.56 bits per heavy atom. The van der Waals surface area contributed by atoms with Crippen LogP contribution < -0.4 is 16.0 Å². The van der Waals surface area contributed by atoms with Gasteiger partial charge in [-0.25, -0.2) is 0 Å². The molecule has 0 spiro atoms. The van der Waals surface area contributed by atoms with Gasteiger partial charge in [0.1, 0.15) is 0 Å². The average molecular weight is 438 g/mol. The van der Waals surface area contributed by atoms with Crippen molar-refractivity contribution in [2.24, 2.45) is 4.99 Å². The van der Waals surface area contributed by atoms with E-state index in [-0.39, 0.29) is 11.9 Å². The number of nitrogens with one attached hydrogen (secondary N) is 3. The zero-order valence-corrected chi connectivity index (χ0v) is 19.4. The lowest BCUT2D eigenvalue weighted by molar-refractivity contribution is 0.0170. The van der Waals surface area contributed by atoms with Crippen molar-refractivity contribution in [3.05, 3.63) is 70.8 Å². The first-order valence-corrected chi connectivity index (χ1v) is 11.2. The van der Waals surface area contributed by atoms with E-state index in [0.29, 0.717) is 5.56 Å². The molecule has 172 valence electrons. The zero-order chi connectivity index (χ0) is 22.8. The van der Waals surface area contributed by atoms with Crippen molar-refractivity contribution in [2.45, 2.75) is 19.4 Å². The van der Waals surface area contributed by atoms with Crippen LogP contribution in [0.25, 0.3) is 0 Å². The van der Waals surface area contributed by atoms with Crippen molar-refractivity contribution < 1.29 is 9.53 Å². The molecule has 7 heteroatoms. The van der Waals surface area contributed by atoms with E-state index in [9.17, 15) is 4.79 Å². The number of rotatable bonds is 8. The number of amides is 1. The van der Waals surface area contributed by atoms with Crippen LogP contribution >= 0.6 is 0 Å². The standard InChI is InChI=1S/C25H35N5O2/c1-19-7-9-21(10-8-19)23(30-13-15-32-16-14-30)18-29-25(27-3)28-12-11-20-5-4-6-22(17-20)24(31)26-2/h4-10,17,23H,11-16,18H2,1-3H3,(H,26,31)(H2,27,28,29). The number of nitrogens with zero attached hydrogens (tertiary/aromatic N) is 2. The lowest BCUT2D eigenvalue weighted by Gasteiger charge is -2.35. The third-order valence-electron chi connectivity index (χ3n) is 5.76. The summed E-state index contributed by atoms with van der Waals surface area (Å²) in [6.45, 7) is 6.98. The molecule has 2 aromatic rings. The van der Waals surface area contributed by atoms with Crippen LogP contribution in [-0.4, -0.2) is 70.3 Å². The van der Waals surface area contributed by atoms with Crippen LogP contribution in [0.4, 0.5) is 0 Å². The second kappa shape index (κ2) is 12.2. The van der Waals surface area contributed by atoms with Gasteiger partial charge in [0.25, 0.3) is 5.91 Å². The zero-order valence-electron chi connectivity index (χ0n) is 19.4. The molecule has 1 atom stereocenters. The Balaban J connectivity index is 1.56. The predicted molar refractivity (Wildman–Crippen MR) is 129 cm³/mol. The average Bonchev–Trinajstić information content (AvgIpc) is 2.84. The maximum atomic E-state index is 11.8. The van der Waals surface area contributed by atoms with Gasteiger partial charge in [-0.15, -0.1) is 0 Å². The number of hydrogen-bond acceptors (Lipinski definition) is 4. The lowest BCUT2D eigenvalue weighted by Crippen LogP contribution is -2.46. The minimum atomic E-state index is -0.0671. The number of ether oxygens (including phenoxy) is 1. The summed E-state index contributed by atoms with van der Waals surface area (Å²) >= 11 is 0. The van der Waals surface area contributed by atoms with Crippen molar-refractivity contribution in [1.29, 1.82) is 0 Å². The number of aryl methyl sites for hydroxylation is 1. The van der Waals surface area contributed by atoms with Crippen LogP contribution in [0.15, 0.2) is 53.5 Å². The van der Waals surface area contributed by atoms with Gasteiger partial charge < -0.3 is 20.7 Å². The molecule has 1 fully saturated rings. The van der Waals surface area contributed by atoms with Crippen LogP contribution in [0, 0.1) is 6.92 Å². The third-order valence-corrected chi connectivity index (χ3v) is 5.76. The van der Waals surface area contributed by atoms with E-state index >= 15 is 0 Å². The largest absolute Gasteiger partial charge is 0.379 e. The number of hydrogen-bond donors (Lipinski definition) is 3. The first-order chi connectivity index (χ1) is 15.6. The fourth-order valence-corrected chi connectivity index (χ4v) is 3.89. The highest BCUT2D eigenvalue weighted by atomic mass is 16.5. The summed E-state index contributed by atoms with van der Waals surface area (Å²) in [4.78, 5) is 18.7. The molecule has 3 rings (SSSR count). The van der Waals surface area contributed by atoms with Gasteiger partial charge in [-0.2, -0.15) is 0 Å². The molecule has 0 bridgehead atoms. The van der Waals surface area contributed by atoms with E-state index in [1.165, 1.54) is 11.1 Å². The first-order valence-electron chi connectivity index (χ1n) is 11.2. The Bertz CT molecular complexity index is 891. The highest BCUT2D eigenvalue weighted by molar-refractivity contribution is 5.94. The molecule has 1 saturated heterocycles. The summed E-state index contributed by atoms with van der Waals surface area (Å²) in [5.74, 6) is 0.709. The van der Waals surface area contributed by atoms with E-state index < -0.39 is 0 Å². The second-order valence-electron chi connectivity index (χ2n) is 7.98. The third kappa shape index (κ3) is 6.80. The molecule has 0 aliphatic carbocycles. The van der Waals surface area contributed by atoms with Crippen LogP contribution in [-0.2, 0) is 11.2 Å². The Kier molecular flexibility index (Phi) is 9.07. The summed E-state index contributed by atoms with van der Waals surface area (Å²) in [6, 6.07) is 16.7. The van der Waals surface area contributed by atoms with Crippen molar-refractivity contribution in [3.63, 3.8) is 0 Å². The molecular formula is C25H35N5O2. The predicted octanol–water partition coefficient (Wildman–Crippen LogP) is 2.14. The summed E-state index contributed by atoms with van der Waals surface area (Å²) in [5, 5.41) is 9.56. The Morgan fingerprint density at radius 2 is 1.88 bits per heavy atom. The summed E-state index contributed by atoms with van der Waals surface area (Å²) in [6.07, 6.45) is 0.802. The molecule has 1 unspecified atom stereocenters. The van der Waals surface area contributed by atoms with Gasteiger partial charge in [0.2, 0.25) is 0 Å². The fraction of sp³-hybridized carbons (Fsp3) is 0.440. The lowest BCUT2D eigenvalue weighted by atomic mass is 10.0. The van der Waals surface area contributed by atoms with Gasteiger partial charge in [-0.05, 0) is 36.6 Å². The van der Waals surface area contributed by atoms with Crippen LogP contribution in [0.1, 0.15) is 33.1 Å². The molecular weight excluding hydrogens is 402 g/mol. The van der Waals surface area contributed by atoms with Crippen LogP contribution in [0.3, 0.4) is 0 Å². The summed E-state index contributed by atoms with van der Waals surface area (Å²) in [5.41, 5.74) is 4.35. The SMILES string of the molecule is CN=C(NCCc1cccc(C(=O)NC)c1)NCC(c1ccc(C)cc1)N1CCOCC1. The molecule has 1 aliphatic heterocycles. The molecule has 1 amide bonds. The normalized spacial score (nSPS) is 15.8. The minimum absolute atomic E-state index is 0.0671. The van der Waals surface area contributed by atoms with Gasteiger partial charge in [-0.1, -0.05) is 42.0 Å². The summed E-state index contributed by atoms with van der Waals surface area (Å²) in [7, 11) is 3.43.